The number of aromatic amines is 2. The highest BCUT2D eigenvalue weighted by molar-refractivity contribution is 5.88. The van der Waals surface area contributed by atoms with Crippen LogP contribution in [0.5, 0.6) is 11.5 Å². The molecule has 0 bridgehead atoms. The van der Waals surface area contributed by atoms with Crippen LogP contribution >= 0.6 is 0 Å². The Bertz CT molecular complexity index is 1970. The van der Waals surface area contributed by atoms with Crippen molar-refractivity contribution in [3.05, 3.63) is 139 Å². The van der Waals surface area contributed by atoms with Gasteiger partial charge in [-0.1, -0.05) is 30.9 Å². The molecule has 0 saturated carbocycles. The molecule has 46 heavy (non-hydrogen) atoms. The number of hydrogen-bond acceptors (Lipinski definition) is 6. The Morgan fingerprint density at radius 1 is 0.804 bits per heavy atom. The summed E-state index contributed by atoms with van der Waals surface area (Å²) in [6.07, 6.45) is 1.60. The van der Waals surface area contributed by atoms with Gasteiger partial charge in [0, 0.05) is 17.3 Å². The molecule has 2 aromatic heterocycles. The molecule has 2 heterocycles. The molecule has 0 aliphatic rings. The third kappa shape index (κ3) is 5.87. The zero-order valence-electron chi connectivity index (χ0n) is 25.4. The molecule has 0 radical (unpaired) electrons. The van der Waals surface area contributed by atoms with Crippen LogP contribution in [0.1, 0.15) is 61.6 Å². The lowest BCUT2D eigenvalue weighted by molar-refractivity contribution is 0.0686. The number of ether oxygens (including phenoxy) is 2. The lowest BCUT2D eigenvalue weighted by Gasteiger charge is -2.19. The molecule has 12 heteroatoms. The van der Waals surface area contributed by atoms with Gasteiger partial charge in [0.1, 0.15) is 6.61 Å². The predicted octanol–water partition coefficient (Wildman–Crippen LogP) is 4.80. The van der Waals surface area contributed by atoms with Crippen LogP contribution in [0.15, 0.2) is 89.0 Å². The third-order valence-electron chi connectivity index (χ3n) is 7.47. The minimum absolute atomic E-state index is 0.000760. The molecule has 5 rings (SSSR count). The van der Waals surface area contributed by atoms with Crippen LogP contribution in [0.25, 0.3) is 11.4 Å². The van der Waals surface area contributed by atoms with Crippen molar-refractivity contribution in [2.75, 3.05) is 13.2 Å². The molecule has 0 amide bonds. The summed E-state index contributed by atoms with van der Waals surface area (Å²) in [5.41, 5.74) is 1.54. The van der Waals surface area contributed by atoms with Crippen molar-refractivity contribution in [3.63, 3.8) is 0 Å². The Morgan fingerprint density at radius 2 is 1.33 bits per heavy atom. The topological polar surface area (TPSA) is 169 Å². The minimum atomic E-state index is -1.14. The molecular weight excluding hydrogens is 592 g/mol. The molecule has 0 aliphatic heterocycles. The second-order valence-corrected chi connectivity index (χ2v) is 10.5. The molecule has 3 aromatic carbocycles. The van der Waals surface area contributed by atoms with Crippen LogP contribution in [0.2, 0.25) is 0 Å². The van der Waals surface area contributed by atoms with Crippen molar-refractivity contribution in [1.82, 2.24) is 19.6 Å². The van der Waals surface area contributed by atoms with E-state index in [2.05, 4.69) is 16.8 Å². The van der Waals surface area contributed by atoms with Gasteiger partial charge in [-0.3, -0.25) is 19.8 Å². The Balaban J connectivity index is 1.77. The van der Waals surface area contributed by atoms with Crippen molar-refractivity contribution in [1.29, 1.82) is 0 Å². The van der Waals surface area contributed by atoms with Crippen molar-refractivity contribution in [2.24, 2.45) is 0 Å². The van der Waals surface area contributed by atoms with Gasteiger partial charge in [-0.25, -0.2) is 19.0 Å². The summed E-state index contributed by atoms with van der Waals surface area (Å²) >= 11 is 0. The third-order valence-corrected chi connectivity index (χ3v) is 7.47. The first-order valence-electron chi connectivity index (χ1n) is 14.4. The standard InChI is InChI=1S/C34H32N4O8/c1-5-15-46-26-14-13-21(18-27(26)45-6-2)30(28-19(3)35-37(31(28)39)24-11-7-9-22(16-24)33(41)42)29-20(4)36-38(32(29)40)25-12-8-10-23(17-25)34(43)44/h5,7-14,16-18,30,35-36H,1,6,15H2,2-4H3,(H,41,42)(H,43,44). The number of carboxylic acid groups (broad SMARTS) is 2. The molecule has 12 nitrogen and oxygen atoms in total. The zero-order valence-corrected chi connectivity index (χ0v) is 25.4. The second-order valence-electron chi connectivity index (χ2n) is 10.5. The highest BCUT2D eigenvalue weighted by Gasteiger charge is 2.32. The first-order chi connectivity index (χ1) is 22.0. The quantitative estimate of drug-likeness (QED) is 0.144. The lowest BCUT2D eigenvalue weighted by atomic mass is 9.85. The molecular formula is C34H32N4O8. The molecule has 0 aliphatic carbocycles. The maximum atomic E-state index is 14.2. The molecule has 0 saturated heterocycles. The first-order valence-corrected chi connectivity index (χ1v) is 14.4. The Morgan fingerprint density at radius 3 is 1.78 bits per heavy atom. The summed E-state index contributed by atoms with van der Waals surface area (Å²) in [7, 11) is 0. The van der Waals surface area contributed by atoms with E-state index < -0.39 is 29.0 Å². The van der Waals surface area contributed by atoms with Gasteiger partial charge in [-0.2, -0.15) is 0 Å². The molecule has 0 fully saturated rings. The van der Waals surface area contributed by atoms with E-state index in [0.717, 1.165) is 0 Å². The second kappa shape index (κ2) is 12.9. The fraction of sp³-hybridized carbons (Fsp3) is 0.176. The Kier molecular flexibility index (Phi) is 8.80. The first kappa shape index (κ1) is 31.4. The van der Waals surface area contributed by atoms with E-state index in [-0.39, 0.29) is 28.9 Å². The Hall–Kier alpha value is -6.04. The van der Waals surface area contributed by atoms with Gasteiger partial charge >= 0.3 is 11.9 Å². The van der Waals surface area contributed by atoms with Gasteiger partial charge in [0.15, 0.2) is 11.5 Å². The van der Waals surface area contributed by atoms with E-state index in [0.29, 0.717) is 46.4 Å². The van der Waals surface area contributed by atoms with E-state index >= 15 is 0 Å². The van der Waals surface area contributed by atoms with Crippen molar-refractivity contribution in [2.45, 2.75) is 26.7 Å². The van der Waals surface area contributed by atoms with Gasteiger partial charge in [-0.15, -0.1) is 0 Å². The summed E-state index contributed by atoms with van der Waals surface area (Å²) in [5, 5.41) is 25.2. The predicted molar refractivity (Wildman–Crippen MR) is 170 cm³/mol. The smallest absolute Gasteiger partial charge is 0.335 e. The summed E-state index contributed by atoms with van der Waals surface area (Å²) in [5.74, 6) is -2.38. The largest absolute Gasteiger partial charge is 0.490 e. The van der Waals surface area contributed by atoms with Crippen LogP contribution in [0.3, 0.4) is 0 Å². The number of aromatic carboxylic acids is 2. The molecule has 0 atom stereocenters. The van der Waals surface area contributed by atoms with Crippen molar-refractivity contribution >= 4 is 11.9 Å². The summed E-state index contributed by atoms with van der Waals surface area (Å²) in [4.78, 5) is 51.8. The van der Waals surface area contributed by atoms with E-state index in [4.69, 9.17) is 9.47 Å². The number of carboxylic acids is 2. The average molecular weight is 625 g/mol. The van der Waals surface area contributed by atoms with Crippen LogP contribution in [-0.4, -0.2) is 54.9 Å². The fourth-order valence-corrected chi connectivity index (χ4v) is 5.44. The number of aryl methyl sites for hydroxylation is 2. The number of nitrogens with one attached hydrogen (secondary N) is 2. The SMILES string of the molecule is C=CCOc1ccc(C(c2c(C)[nH]n(-c3cccc(C(=O)O)c3)c2=O)c2c(C)[nH]n(-c3cccc(C(=O)O)c3)c2=O)cc1OCC. The fourth-order valence-electron chi connectivity index (χ4n) is 5.44. The molecule has 5 aromatic rings. The van der Waals surface area contributed by atoms with E-state index in [9.17, 15) is 29.4 Å². The highest BCUT2D eigenvalue weighted by atomic mass is 16.5. The van der Waals surface area contributed by atoms with Crippen molar-refractivity contribution in [3.8, 4) is 22.9 Å². The number of aromatic nitrogens is 4. The van der Waals surface area contributed by atoms with E-state index in [1.54, 1.807) is 50.3 Å². The average Bonchev–Trinajstić information content (AvgIpc) is 3.51. The van der Waals surface area contributed by atoms with Crippen LogP contribution in [0, 0.1) is 13.8 Å². The zero-order chi connectivity index (χ0) is 33.1. The molecule has 4 N–H and O–H groups in total. The normalized spacial score (nSPS) is 11.0. The molecule has 0 spiro atoms. The number of nitrogens with zero attached hydrogens (tertiary/aromatic N) is 2. The highest BCUT2D eigenvalue weighted by Crippen LogP contribution is 2.37. The number of rotatable bonds is 12. The van der Waals surface area contributed by atoms with Crippen LogP contribution in [-0.2, 0) is 0 Å². The Labute approximate surface area is 262 Å². The van der Waals surface area contributed by atoms with E-state index in [1.807, 2.05) is 6.92 Å². The summed E-state index contributed by atoms with van der Waals surface area (Å²) in [6, 6.07) is 17.0. The van der Waals surface area contributed by atoms with Crippen LogP contribution < -0.4 is 20.6 Å². The minimum Gasteiger partial charge on any atom is -0.490 e. The summed E-state index contributed by atoms with van der Waals surface area (Å²) in [6.45, 7) is 9.46. The van der Waals surface area contributed by atoms with Gasteiger partial charge in [0.25, 0.3) is 11.1 Å². The van der Waals surface area contributed by atoms with E-state index in [1.165, 1.54) is 45.8 Å². The van der Waals surface area contributed by atoms with Gasteiger partial charge < -0.3 is 19.7 Å². The van der Waals surface area contributed by atoms with Crippen molar-refractivity contribution < 1.29 is 29.3 Å². The monoisotopic (exact) mass is 624 g/mol. The number of hydrogen-bond donors (Lipinski definition) is 4. The number of benzene rings is 3. The van der Waals surface area contributed by atoms with Gasteiger partial charge in [-0.05, 0) is 74.9 Å². The van der Waals surface area contributed by atoms with Crippen LogP contribution in [0.4, 0.5) is 0 Å². The maximum absolute atomic E-state index is 14.2. The maximum Gasteiger partial charge on any atom is 0.335 e. The number of carbonyl (C=O) groups is 2. The lowest BCUT2D eigenvalue weighted by Crippen LogP contribution is -2.25. The van der Waals surface area contributed by atoms with Gasteiger partial charge in [0.05, 0.1) is 40.2 Å². The molecule has 0 unspecified atom stereocenters. The summed E-state index contributed by atoms with van der Waals surface area (Å²) < 4.78 is 14.2. The number of H-pyrrole nitrogens is 2. The van der Waals surface area contributed by atoms with Gasteiger partial charge in [0.2, 0.25) is 0 Å². The molecule has 236 valence electrons.